The molecule has 110 valence electrons. The molecule has 1 heterocycles. The summed E-state index contributed by atoms with van der Waals surface area (Å²) in [6.07, 6.45) is 3.45. The molecule has 1 unspecified atom stereocenters. The van der Waals surface area contributed by atoms with Gasteiger partial charge in [0.05, 0.1) is 14.2 Å². The predicted octanol–water partition coefficient (Wildman–Crippen LogP) is 3.67. The van der Waals surface area contributed by atoms with Crippen molar-refractivity contribution in [2.75, 3.05) is 6.61 Å². The number of rotatable bonds is 5. The van der Waals surface area contributed by atoms with Crippen LogP contribution in [0.25, 0.3) is 0 Å². The summed E-state index contributed by atoms with van der Waals surface area (Å²) in [5, 5.41) is 0. The van der Waals surface area contributed by atoms with E-state index in [-0.39, 0.29) is 5.97 Å². The summed E-state index contributed by atoms with van der Waals surface area (Å²) in [7, 11) is -2.58. The van der Waals surface area contributed by atoms with E-state index in [0.717, 1.165) is 12.8 Å². The lowest BCUT2D eigenvalue weighted by Gasteiger charge is -2.45. The van der Waals surface area contributed by atoms with E-state index in [2.05, 4.69) is 32.8 Å². The Morgan fingerprint density at radius 2 is 2.00 bits per heavy atom. The third-order valence-corrected chi connectivity index (χ3v) is 21.0. The molecule has 19 heavy (non-hydrogen) atoms. The molecule has 0 N–H and O–H groups in total. The van der Waals surface area contributed by atoms with Crippen molar-refractivity contribution in [2.45, 2.75) is 64.5 Å². The van der Waals surface area contributed by atoms with Crippen LogP contribution in [-0.4, -0.2) is 34.1 Å². The fourth-order valence-corrected chi connectivity index (χ4v) is 8.99. The van der Waals surface area contributed by atoms with Crippen LogP contribution in [0.15, 0.2) is 12.2 Å². The average Bonchev–Trinajstić information content (AvgIpc) is 2.28. The normalized spacial score (nSPS) is 24.8. The smallest absolute Gasteiger partial charge is 0.333 e. The lowest BCUT2D eigenvalue weighted by Crippen LogP contribution is -2.61. The van der Waals surface area contributed by atoms with Crippen LogP contribution in [0.2, 0.25) is 32.2 Å². The van der Waals surface area contributed by atoms with Crippen LogP contribution < -0.4 is 0 Å². The Morgan fingerprint density at radius 1 is 1.37 bits per heavy atom. The standard InChI is InChI=1S/C14H28O3Si2/c1-12(2)14(15)16-10-7-8-13-9-11-18(3,4)19(5,6)17-13/h13H,1,7-11H2,2-6H3. The quantitative estimate of drug-likeness (QED) is 0.336. The lowest BCUT2D eigenvalue weighted by molar-refractivity contribution is -0.139. The van der Waals surface area contributed by atoms with Gasteiger partial charge in [-0.3, -0.25) is 0 Å². The van der Waals surface area contributed by atoms with Crippen LogP contribution in [-0.2, 0) is 14.0 Å². The van der Waals surface area contributed by atoms with Gasteiger partial charge in [0, 0.05) is 11.7 Å². The van der Waals surface area contributed by atoms with Crippen LogP contribution in [0.1, 0.15) is 26.2 Å². The maximum absolute atomic E-state index is 11.2. The molecule has 5 heteroatoms. The van der Waals surface area contributed by atoms with Gasteiger partial charge in [0.25, 0.3) is 0 Å². The highest BCUT2D eigenvalue weighted by atomic mass is 29.3. The lowest BCUT2D eigenvalue weighted by atomic mass is 10.1. The predicted molar refractivity (Wildman–Crippen MR) is 84.3 cm³/mol. The first-order chi connectivity index (χ1) is 8.66. The van der Waals surface area contributed by atoms with Crippen LogP contribution in [0.3, 0.4) is 0 Å². The Kier molecular flexibility index (Phi) is 5.58. The first-order valence-corrected chi connectivity index (χ1v) is 14.3. The van der Waals surface area contributed by atoms with Gasteiger partial charge in [0.15, 0.2) is 7.83 Å². The number of esters is 1. The van der Waals surface area contributed by atoms with Gasteiger partial charge in [-0.05, 0) is 39.3 Å². The van der Waals surface area contributed by atoms with Crippen LogP contribution in [0.5, 0.6) is 0 Å². The summed E-state index contributed by atoms with van der Waals surface area (Å²) < 4.78 is 11.5. The van der Waals surface area contributed by atoms with E-state index in [1.165, 1.54) is 12.5 Å². The van der Waals surface area contributed by atoms with E-state index in [0.29, 0.717) is 18.3 Å². The Morgan fingerprint density at radius 3 is 2.53 bits per heavy atom. The minimum absolute atomic E-state index is 0.284. The summed E-state index contributed by atoms with van der Waals surface area (Å²) in [6.45, 7) is 15.4. The SMILES string of the molecule is C=C(C)C(=O)OCCCC1CC[Si](C)(C)[Si](C)(C)O1. The van der Waals surface area contributed by atoms with Crippen molar-refractivity contribution in [3.05, 3.63) is 12.2 Å². The Balaban J connectivity index is 2.29. The van der Waals surface area contributed by atoms with E-state index >= 15 is 0 Å². The molecule has 1 atom stereocenters. The van der Waals surface area contributed by atoms with E-state index in [1.54, 1.807) is 6.92 Å². The monoisotopic (exact) mass is 300 g/mol. The molecule has 0 aliphatic carbocycles. The molecule has 0 radical (unpaired) electrons. The van der Waals surface area contributed by atoms with Gasteiger partial charge in [0.1, 0.15) is 0 Å². The highest BCUT2D eigenvalue weighted by molar-refractivity contribution is 7.38. The highest BCUT2D eigenvalue weighted by Gasteiger charge is 2.47. The molecular weight excluding hydrogens is 272 g/mol. The summed E-state index contributed by atoms with van der Waals surface area (Å²) >= 11 is 0. The molecule has 0 spiro atoms. The second kappa shape index (κ2) is 6.37. The van der Waals surface area contributed by atoms with Gasteiger partial charge in [-0.25, -0.2) is 4.79 Å². The number of hydrogen-bond donors (Lipinski definition) is 0. The van der Waals surface area contributed by atoms with Crippen molar-refractivity contribution in [3.63, 3.8) is 0 Å². The Hall–Kier alpha value is -0.396. The Bertz CT molecular complexity index is 351. The topological polar surface area (TPSA) is 35.5 Å². The van der Waals surface area contributed by atoms with Gasteiger partial charge < -0.3 is 9.16 Å². The second-order valence-corrected chi connectivity index (χ2v) is 21.9. The van der Waals surface area contributed by atoms with Crippen molar-refractivity contribution >= 4 is 21.4 Å². The fourth-order valence-electron chi connectivity index (χ4n) is 2.26. The van der Waals surface area contributed by atoms with Gasteiger partial charge in [0.2, 0.25) is 0 Å². The summed E-state index contributed by atoms with van der Waals surface area (Å²) in [4.78, 5) is 11.2. The molecule has 1 aliphatic heterocycles. The molecule has 0 aromatic rings. The van der Waals surface area contributed by atoms with Gasteiger partial charge in [-0.15, -0.1) is 0 Å². The van der Waals surface area contributed by atoms with Crippen LogP contribution in [0.4, 0.5) is 0 Å². The number of carbonyl (C=O) groups is 1. The van der Waals surface area contributed by atoms with E-state index in [4.69, 9.17) is 9.16 Å². The van der Waals surface area contributed by atoms with Crippen molar-refractivity contribution in [1.82, 2.24) is 0 Å². The molecule has 1 saturated heterocycles. The Labute approximate surface area is 119 Å². The highest BCUT2D eigenvalue weighted by Crippen LogP contribution is 2.34. The zero-order chi connectivity index (χ0) is 14.7. The number of ether oxygens (including phenoxy) is 1. The average molecular weight is 301 g/mol. The van der Waals surface area contributed by atoms with E-state index in [1.807, 2.05) is 0 Å². The third-order valence-electron chi connectivity index (χ3n) is 4.43. The van der Waals surface area contributed by atoms with Gasteiger partial charge >= 0.3 is 5.97 Å². The number of carbonyl (C=O) groups excluding carboxylic acids is 1. The molecule has 0 aromatic carbocycles. The molecule has 1 fully saturated rings. The molecule has 3 nitrogen and oxygen atoms in total. The van der Waals surface area contributed by atoms with Crippen molar-refractivity contribution < 1.29 is 14.0 Å². The minimum atomic E-state index is -1.46. The largest absolute Gasteiger partial charge is 0.462 e. The van der Waals surface area contributed by atoms with Crippen molar-refractivity contribution in [2.24, 2.45) is 0 Å². The molecule has 0 bridgehead atoms. The molecule has 0 amide bonds. The van der Waals surface area contributed by atoms with E-state index in [9.17, 15) is 4.79 Å². The maximum atomic E-state index is 11.2. The summed E-state index contributed by atoms with van der Waals surface area (Å²) in [5.41, 5.74) is 0.468. The fraction of sp³-hybridized carbons (Fsp3) is 0.786. The first kappa shape index (κ1) is 16.7. The maximum Gasteiger partial charge on any atom is 0.333 e. The minimum Gasteiger partial charge on any atom is -0.462 e. The molecular formula is C14H28O3Si2. The zero-order valence-corrected chi connectivity index (χ0v) is 15.0. The van der Waals surface area contributed by atoms with Crippen molar-refractivity contribution in [1.29, 1.82) is 0 Å². The van der Waals surface area contributed by atoms with E-state index < -0.39 is 15.4 Å². The third kappa shape index (κ3) is 4.58. The molecule has 1 aliphatic rings. The molecule has 0 saturated carbocycles. The van der Waals surface area contributed by atoms with Gasteiger partial charge in [-0.2, -0.15) is 0 Å². The zero-order valence-electron chi connectivity index (χ0n) is 13.0. The van der Waals surface area contributed by atoms with Crippen LogP contribution >= 0.6 is 0 Å². The molecule has 0 aromatic heterocycles. The molecule has 1 rings (SSSR count). The first-order valence-electron chi connectivity index (χ1n) is 7.16. The summed E-state index contributed by atoms with van der Waals surface area (Å²) in [5.74, 6) is -0.284. The van der Waals surface area contributed by atoms with Gasteiger partial charge in [-0.1, -0.05) is 25.7 Å². The summed E-state index contributed by atoms with van der Waals surface area (Å²) in [6, 6.07) is 1.38. The van der Waals surface area contributed by atoms with Crippen molar-refractivity contribution in [3.8, 4) is 0 Å². The van der Waals surface area contributed by atoms with Crippen LogP contribution in [0, 0.1) is 0 Å². The second-order valence-electron chi connectivity index (χ2n) is 6.73. The number of hydrogen-bond acceptors (Lipinski definition) is 3.